The molecular formula is C38H32Cl2F6Zr. The number of halogens is 8. The van der Waals surface area contributed by atoms with E-state index in [2.05, 4.69) is 64.1 Å². The minimum Gasteiger partial charge on any atom is -1.00 e. The van der Waals surface area contributed by atoms with Gasteiger partial charge in [0, 0.05) is 0 Å². The first-order valence-corrected chi connectivity index (χ1v) is 18.7. The van der Waals surface area contributed by atoms with Gasteiger partial charge in [0.15, 0.2) is 0 Å². The molecule has 4 aromatic rings. The van der Waals surface area contributed by atoms with Gasteiger partial charge in [0.2, 0.25) is 0 Å². The summed E-state index contributed by atoms with van der Waals surface area (Å²) in [4.78, 5) is 0. The molecule has 9 heteroatoms. The molecule has 0 saturated heterocycles. The van der Waals surface area contributed by atoms with Crippen LogP contribution in [0, 0.1) is 11.3 Å². The Bertz CT molecular complexity index is 1790. The van der Waals surface area contributed by atoms with Crippen LogP contribution in [0.25, 0.3) is 11.1 Å². The monoisotopic (exact) mass is 762 g/mol. The van der Waals surface area contributed by atoms with Crippen molar-refractivity contribution in [1.82, 2.24) is 0 Å². The molecule has 0 saturated carbocycles. The summed E-state index contributed by atoms with van der Waals surface area (Å²) in [5, 5.41) is 0. The Kier molecular flexibility index (Phi) is 10.8. The van der Waals surface area contributed by atoms with E-state index in [0.29, 0.717) is 14.3 Å². The van der Waals surface area contributed by atoms with Gasteiger partial charge in [-0.3, -0.25) is 0 Å². The quantitative estimate of drug-likeness (QED) is 0.251. The number of rotatable bonds is 4. The van der Waals surface area contributed by atoms with Crippen LogP contribution in [0.4, 0.5) is 26.3 Å². The molecule has 0 N–H and O–H groups in total. The topological polar surface area (TPSA) is 0 Å². The molecule has 0 aliphatic heterocycles. The number of benzene rings is 4. The van der Waals surface area contributed by atoms with Crippen LogP contribution in [0.15, 0.2) is 118 Å². The van der Waals surface area contributed by atoms with Crippen LogP contribution in [0.2, 0.25) is 0 Å². The molecule has 0 amide bonds. The van der Waals surface area contributed by atoms with E-state index in [1.165, 1.54) is 12.1 Å². The van der Waals surface area contributed by atoms with E-state index in [-0.39, 0.29) is 39.8 Å². The Labute approximate surface area is 291 Å². The Morgan fingerprint density at radius 2 is 1.06 bits per heavy atom. The second kappa shape index (κ2) is 13.6. The van der Waals surface area contributed by atoms with Crippen LogP contribution >= 0.6 is 0 Å². The Hall–Kier alpha value is -2.73. The molecule has 0 bridgehead atoms. The molecule has 1 atom stereocenters. The molecule has 0 spiro atoms. The van der Waals surface area contributed by atoms with Crippen molar-refractivity contribution in [2.45, 2.75) is 43.7 Å². The number of alkyl halides is 6. The third kappa shape index (κ3) is 7.19. The fraction of sp³-hybridized carbons (Fsp3) is 0.237. The predicted molar refractivity (Wildman–Crippen MR) is 165 cm³/mol. The normalized spacial score (nSPS) is 15.7. The average Bonchev–Trinajstić information content (AvgIpc) is 3.53. The van der Waals surface area contributed by atoms with Gasteiger partial charge < -0.3 is 24.8 Å². The summed E-state index contributed by atoms with van der Waals surface area (Å²) in [6.45, 7) is 8.48. The first kappa shape index (κ1) is 37.1. The molecule has 0 fully saturated rings. The summed E-state index contributed by atoms with van der Waals surface area (Å²) in [6, 6.07) is 26.5. The maximum Gasteiger partial charge on any atom is -1.00 e. The van der Waals surface area contributed by atoms with Crippen LogP contribution < -0.4 is 24.8 Å². The molecule has 0 radical (unpaired) electrons. The van der Waals surface area contributed by atoms with Gasteiger partial charge >= 0.3 is 268 Å². The molecule has 4 aromatic carbocycles. The average molecular weight is 765 g/mol. The second-order valence-corrected chi connectivity index (χ2v) is 18.9. The number of hydrogen-bond acceptors (Lipinski definition) is 0. The van der Waals surface area contributed by atoms with Gasteiger partial charge in [-0.15, -0.1) is 0 Å². The van der Waals surface area contributed by atoms with Gasteiger partial charge in [0.05, 0.1) is 0 Å². The van der Waals surface area contributed by atoms with Gasteiger partial charge in [0.1, 0.15) is 0 Å². The minimum absolute atomic E-state index is 0. The molecule has 244 valence electrons. The number of fused-ring (bicyclic) bond motifs is 3. The summed E-state index contributed by atoms with van der Waals surface area (Å²) < 4.78 is 86.4. The molecule has 2 aliphatic carbocycles. The van der Waals surface area contributed by atoms with Gasteiger partial charge in [0.25, 0.3) is 0 Å². The Morgan fingerprint density at radius 3 is 1.47 bits per heavy atom. The largest absolute Gasteiger partial charge is 1.00 e. The van der Waals surface area contributed by atoms with Gasteiger partial charge in [-0.2, -0.15) is 0 Å². The first-order valence-electron chi connectivity index (χ1n) is 14.9. The number of hydrogen-bond donors (Lipinski definition) is 0. The molecule has 1 unspecified atom stereocenters. The maximum absolute atomic E-state index is 14.1. The third-order valence-corrected chi connectivity index (χ3v) is 17.5. The SMILES string of the molecule is CC1C=C(C(C)(C)C)C=[C]1[Zr+2](=[C](c1cccc(C(F)(F)F)c1)c1cccc(C(F)(F)F)c1)[CH]1c2ccccc2-c2ccccc21.[Cl-].[Cl-]. The molecule has 0 heterocycles. The second-order valence-electron chi connectivity index (χ2n) is 12.8. The van der Waals surface area contributed by atoms with Crippen molar-refractivity contribution in [3.8, 4) is 11.1 Å². The van der Waals surface area contributed by atoms with Crippen LogP contribution in [-0.2, 0) is 33.6 Å². The van der Waals surface area contributed by atoms with Crippen LogP contribution in [0.1, 0.15) is 64.7 Å². The Balaban J connectivity index is 0.00000250. The van der Waals surface area contributed by atoms with E-state index >= 15 is 0 Å². The molecule has 47 heavy (non-hydrogen) atoms. The van der Waals surface area contributed by atoms with E-state index in [4.69, 9.17) is 0 Å². The van der Waals surface area contributed by atoms with Crippen molar-refractivity contribution < 1.29 is 72.4 Å². The third-order valence-electron chi connectivity index (χ3n) is 8.76. The summed E-state index contributed by atoms with van der Waals surface area (Å²) in [5.41, 5.74) is 4.29. The molecular weight excluding hydrogens is 733 g/mol. The van der Waals surface area contributed by atoms with Crippen molar-refractivity contribution in [2.75, 3.05) is 0 Å². The summed E-state index contributed by atoms with van der Waals surface area (Å²) >= 11 is -3.59. The smallest absolute Gasteiger partial charge is 1.00 e. The van der Waals surface area contributed by atoms with E-state index in [9.17, 15) is 26.3 Å². The van der Waals surface area contributed by atoms with E-state index in [1.54, 1.807) is 12.1 Å². The number of allylic oxidation sites excluding steroid dienone is 4. The van der Waals surface area contributed by atoms with Crippen molar-refractivity contribution in [2.24, 2.45) is 11.3 Å². The molecule has 2 aliphatic rings. The fourth-order valence-corrected chi connectivity index (χ4v) is 16.1. The molecule has 0 aromatic heterocycles. The van der Waals surface area contributed by atoms with Crippen LogP contribution in [0.5, 0.6) is 0 Å². The van der Waals surface area contributed by atoms with E-state index in [0.717, 1.165) is 55.4 Å². The van der Waals surface area contributed by atoms with E-state index in [1.807, 2.05) is 24.3 Å². The zero-order chi connectivity index (χ0) is 32.3. The van der Waals surface area contributed by atoms with Gasteiger partial charge in [-0.1, -0.05) is 0 Å². The van der Waals surface area contributed by atoms with Gasteiger partial charge in [-0.25, -0.2) is 0 Å². The predicted octanol–water partition coefficient (Wildman–Crippen LogP) is 5.20. The molecule has 0 nitrogen and oxygen atoms in total. The van der Waals surface area contributed by atoms with Crippen molar-refractivity contribution in [3.63, 3.8) is 0 Å². The summed E-state index contributed by atoms with van der Waals surface area (Å²) in [6.07, 6.45) is -4.78. The maximum atomic E-state index is 14.1. The zero-order valence-electron chi connectivity index (χ0n) is 26.1. The summed E-state index contributed by atoms with van der Waals surface area (Å²) in [7, 11) is 0. The Morgan fingerprint density at radius 1 is 0.617 bits per heavy atom. The fourth-order valence-electron chi connectivity index (χ4n) is 6.60. The van der Waals surface area contributed by atoms with Crippen molar-refractivity contribution in [1.29, 1.82) is 0 Å². The zero-order valence-corrected chi connectivity index (χ0v) is 30.0. The van der Waals surface area contributed by atoms with Gasteiger partial charge in [-0.05, 0) is 0 Å². The van der Waals surface area contributed by atoms with Crippen LogP contribution in [0.3, 0.4) is 0 Å². The van der Waals surface area contributed by atoms with Crippen molar-refractivity contribution in [3.05, 3.63) is 151 Å². The minimum atomic E-state index is -4.61. The molecule has 6 rings (SSSR count). The van der Waals surface area contributed by atoms with Crippen LogP contribution in [-0.4, -0.2) is 3.21 Å². The standard InChI is InChI=1S/C15H8F6.C13H9.C10H15.2ClH.Zr/c16-14(17,18)12-5-1-3-10(8-12)7-11-4-2-6-13(9-11)15(19,20)21;1-3-7-12-10(5-1)9-11-6-2-4-8-13(11)12;1-8-5-6-9(7-8)10(2,3)4;;;/h1-6,8-9H;1-9H;6-8H,1-4H3;2*1H;/q;;;;;+2/p-2. The van der Waals surface area contributed by atoms with E-state index < -0.39 is 44.7 Å². The van der Waals surface area contributed by atoms with Crippen molar-refractivity contribution >= 4 is 3.21 Å². The summed E-state index contributed by atoms with van der Waals surface area (Å²) in [5.74, 6) is -0.0138. The first-order chi connectivity index (χ1) is 21.1.